The van der Waals surface area contributed by atoms with Gasteiger partial charge in [-0.2, -0.15) is 0 Å². The van der Waals surface area contributed by atoms with Crippen LogP contribution < -0.4 is 10.2 Å². The molecule has 2 aromatic carbocycles. The maximum atomic E-state index is 14.7. The molecule has 2 aliphatic rings. The van der Waals surface area contributed by atoms with Crippen LogP contribution in [0.2, 0.25) is 0 Å². The summed E-state index contributed by atoms with van der Waals surface area (Å²) in [6.07, 6.45) is 1.43. The molecular formula is C24H29F2N3O2. The van der Waals surface area contributed by atoms with Crippen LogP contribution in [-0.4, -0.2) is 50.2 Å². The van der Waals surface area contributed by atoms with Crippen LogP contribution in [0, 0.1) is 11.6 Å². The SMILES string of the molecule is CC(=O)NC1(c2ccc(F)cc2)CCN(Cc2ccc(N3CCOCC3)c(F)c2)CC1. The second-order valence-corrected chi connectivity index (χ2v) is 8.43. The fourth-order valence-electron chi connectivity index (χ4n) is 4.65. The van der Waals surface area contributed by atoms with E-state index in [2.05, 4.69) is 10.2 Å². The minimum atomic E-state index is -0.499. The number of benzene rings is 2. The van der Waals surface area contributed by atoms with E-state index in [-0.39, 0.29) is 17.5 Å². The van der Waals surface area contributed by atoms with Gasteiger partial charge >= 0.3 is 0 Å². The number of hydrogen-bond acceptors (Lipinski definition) is 4. The molecule has 1 amide bonds. The molecule has 166 valence electrons. The predicted molar refractivity (Wildman–Crippen MR) is 116 cm³/mol. The number of carbonyl (C=O) groups excluding carboxylic acids is 1. The summed E-state index contributed by atoms with van der Waals surface area (Å²) in [5.74, 6) is -0.587. The van der Waals surface area contributed by atoms with Crippen LogP contribution in [0.25, 0.3) is 0 Å². The maximum absolute atomic E-state index is 14.7. The number of ether oxygens (including phenoxy) is 1. The van der Waals surface area contributed by atoms with E-state index < -0.39 is 5.54 Å². The molecule has 0 aromatic heterocycles. The molecule has 0 radical (unpaired) electrons. The number of carbonyl (C=O) groups is 1. The van der Waals surface area contributed by atoms with Gasteiger partial charge in [0.2, 0.25) is 5.91 Å². The van der Waals surface area contributed by atoms with Gasteiger partial charge in [0, 0.05) is 39.6 Å². The topological polar surface area (TPSA) is 44.8 Å². The summed E-state index contributed by atoms with van der Waals surface area (Å²) >= 11 is 0. The summed E-state index contributed by atoms with van der Waals surface area (Å²) < 4.78 is 33.5. The van der Waals surface area contributed by atoms with Crippen LogP contribution in [0.4, 0.5) is 14.5 Å². The highest BCUT2D eigenvalue weighted by atomic mass is 19.1. The van der Waals surface area contributed by atoms with Crippen LogP contribution in [0.3, 0.4) is 0 Å². The van der Waals surface area contributed by atoms with E-state index in [1.54, 1.807) is 18.2 Å². The van der Waals surface area contributed by atoms with Gasteiger partial charge < -0.3 is 15.0 Å². The molecule has 7 heteroatoms. The first kappa shape index (κ1) is 21.7. The largest absolute Gasteiger partial charge is 0.378 e. The lowest BCUT2D eigenvalue weighted by atomic mass is 9.80. The van der Waals surface area contributed by atoms with Gasteiger partial charge in [-0.3, -0.25) is 9.69 Å². The summed E-state index contributed by atoms with van der Waals surface area (Å²) in [4.78, 5) is 16.2. The molecule has 0 bridgehead atoms. The van der Waals surface area contributed by atoms with Gasteiger partial charge in [0.05, 0.1) is 24.4 Å². The molecule has 4 rings (SSSR count). The van der Waals surface area contributed by atoms with Crippen molar-refractivity contribution < 1.29 is 18.3 Å². The van der Waals surface area contributed by atoms with E-state index >= 15 is 0 Å². The van der Waals surface area contributed by atoms with Crippen LogP contribution in [0.15, 0.2) is 42.5 Å². The molecule has 0 spiro atoms. The van der Waals surface area contributed by atoms with E-state index in [1.807, 2.05) is 17.0 Å². The predicted octanol–water partition coefficient (Wildman–Crippen LogP) is 3.43. The molecule has 2 fully saturated rings. The minimum absolute atomic E-state index is 0.0986. The Kier molecular flexibility index (Phi) is 6.53. The standard InChI is InChI=1S/C24H29F2N3O2/c1-18(30)27-24(20-3-5-21(25)6-4-20)8-10-28(11-9-24)17-19-2-7-23(22(26)16-19)29-12-14-31-15-13-29/h2-7,16H,8-15,17H2,1H3,(H,27,30). The highest BCUT2D eigenvalue weighted by Gasteiger charge is 2.37. The third-order valence-corrected chi connectivity index (χ3v) is 6.29. The second-order valence-electron chi connectivity index (χ2n) is 8.43. The molecule has 0 unspecified atom stereocenters. The van der Waals surface area contributed by atoms with Crippen molar-refractivity contribution in [3.8, 4) is 0 Å². The first-order valence-corrected chi connectivity index (χ1v) is 10.8. The van der Waals surface area contributed by atoms with E-state index in [4.69, 9.17) is 4.74 Å². The fourth-order valence-corrected chi connectivity index (χ4v) is 4.65. The van der Waals surface area contributed by atoms with E-state index in [9.17, 15) is 13.6 Å². The van der Waals surface area contributed by atoms with Crippen molar-refractivity contribution in [3.63, 3.8) is 0 Å². The highest BCUT2D eigenvalue weighted by Crippen LogP contribution is 2.34. The Balaban J connectivity index is 1.42. The lowest BCUT2D eigenvalue weighted by molar-refractivity contribution is -0.121. The van der Waals surface area contributed by atoms with Gasteiger partial charge in [-0.25, -0.2) is 8.78 Å². The molecule has 2 saturated heterocycles. The zero-order valence-corrected chi connectivity index (χ0v) is 17.9. The average molecular weight is 430 g/mol. The van der Waals surface area contributed by atoms with Crippen molar-refractivity contribution in [2.45, 2.75) is 31.8 Å². The minimum Gasteiger partial charge on any atom is -0.378 e. The number of piperidine rings is 1. The Labute approximate surface area is 182 Å². The third kappa shape index (κ3) is 5.05. The van der Waals surface area contributed by atoms with Crippen LogP contribution in [0.5, 0.6) is 0 Å². The number of nitrogens with one attached hydrogen (secondary N) is 1. The maximum Gasteiger partial charge on any atom is 0.217 e. The molecule has 2 aromatic rings. The zero-order chi connectivity index (χ0) is 21.8. The molecule has 0 atom stereocenters. The molecule has 2 aliphatic heterocycles. The fraction of sp³-hybridized carbons (Fsp3) is 0.458. The van der Waals surface area contributed by atoms with Gasteiger partial charge in [0.15, 0.2) is 0 Å². The number of nitrogens with zero attached hydrogens (tertiary/aromatic N) is 2. The van der Waals surface area contributed by atoms with Crippen LogP contribution in [-0.2, 0) is 21.6 Å². The Morgan fingerprint density at radius 2 is 1.71 bits per heavy atom. The van der Waals surface area contributed by atoms with Gasteiger partial charge in [-0.05, 0) is 48.2 Å². The van der Waals surface area contributed by atoms with Crippen molar-refractivity contribution in [1.29, 1.82) is 0 Å². The highest BCUT2D eigenvalue weighted by molar-refractivity contribution is 5.74. The molecule has 31 heavy (non-hydrogen) atoms. The van der Waals surface area contributed by atoms with Crippen molar-refractivity contribution in [2.24, 2.45) is 0 Å². The molecule has 0 saturated carbocycles. The summed E-state index contributed by atoms with van der Waals surface area (Å²) in [5, 5.41) is 3.10. The van der Waals surface area contributed by atoms with Crippen molar-refractivity contribution in [2.75, 3.05) is 44.3 Å². The molecule has 2 heterocycles. The number of anilines is 1. The lowest BCUT2D eigenvalue weighted by Gasteiger charge is -2.42. The lowest BCUT2D eigenvalue weighted by Crippen LogP contribution is -2.52. The Morgan fingerprint density at radius 1 is 1.03 bits per heavy atom. The average Bonchev–Trinajstić information content (AvgIpc) is 2.76. The monoisotopic (exact) mass is 429 g/mol. The van der Waals surface area contributed by atoms with Crippen molar-refractivity contribution in [1.82, 2.24) is 10.2 Å². The van der Waals surface area contributed by atoms with E-state index in [1.165, 1.54) is 19.1 Å². The molecule has 1 N–H and O–H groups in total. The Bertz CT molecular complexity index is 906. The first-order valence-electron chi connectivity index (χ1n) is 10.8. The normalized spacial score (nSPS) is 19.3. The van der Waals surface area contributed by atoms with Crippen LogP contribution in [0.1, 0.15) is 30.9 Å². The molecule has 0 aliphatic carbocycles. The zero-order valence-electron chi connectivity index (χ0n) is 17.9. The molecule has 5 nitrogen and oxygen atoms in total. The van der Waals surface area contributed by atoms with Gasteiger partial charge in [0.25, 0.3) is 0 Å². The quantitative estimate of drug-likeness (QED) is 0.791. The van der Waals surface area contributed by atoms with E-state index in [0.29, 0.717) is 51.4 Å². The second kappa shape index (κ2) is 9.32. The number of rotatable bonds is 5. The summed E-state index contributed by atoms with van der Waals surface area (Å²) in [5.41, 5.74) is 1.99. The Hall–Kier alpha value is -2.51. The third-order valence-electron chi connectivity index (χ3n) is 6.29. The number of likely N-dealkylation sites (tertiary alicyclic amines) is 1. The summed E-state index contributed by atoms with van der Waals surface area (Å²) in [7, 11) is 0. The van der Waals surface area contributed by atoms with Gasteiger partial charge in [-0.15, -0.1) is 0 Å². The van der Waals surface area contributed by atoms with Gasteiger partial charge in [0.1, 0.15) is 11.6 Å². The van der Waals surface area contributed by atoms with Crippen molar-refractivity contribution >= 4 is 11.6 Å². The van der Waals surface area contributed by atoms with Gasteiger partial charge in [-0.1, -0.05) is 18.2 Å². The molecular weight excluding hydrogens is 400 g/mol. The smallest absolute Gasteiger partial charge is 0.217 e. The number of halogens is 2. The number of amides is 1. The Morgan fingerprint density at radius 3 is 2.32 bits per heavy atom. The van der Waals surface area contributed by atoms with Crippen molar-refractivity contribution in [3.05, 3.63) is 65.2 Å². The number of morpholine rings is 1. The summed E-state index contributed by atoms with van der Waals surface area (Å²) in [6.45, 7) is 6.33. The first-order chi connectivity index (χ1) is 14.9. The van der Waals surface area contributed by atoms with Crippen LogP contribution >= 0.6 is 0 Å². The summed E-state index contributed by atoms with van der Waals surface area (Å²) in [6, 6.07) is 11.8. The number of hydrogen-bond donors (Lipinski definition) is 1. The van der Waals surface area contributed by atoms with E-state index in [0.717, 1.165) is 24.2 Å².